The van der Waals surface area contributed by atoms with Crippen LogP contribution in [0.3, 0.4) is 0 Å². The number of anilines is 1. The number of halogens is 5. The Morgan fingerprint density at radius 2 is 1.89 bits per heavy atom. The highest BCUT2D eigenvalue weighted by Gasteiger charge is 2.36. The number of aliphatic imine (C=N–C) groups is 3. The summed E-state index contributed by atoms with van der Waals surface area (Å²) >= 11 is 12.4. The van der Waals surface area contributed by atoms with Gasteiger partial charge in [-0.1, -0.05) is 29.3 Å². The van der Waals surface area contributed by atoms with Crippen molar-refractivity contribution in [1.82, 2.24) is 14.8 Å². The van der Waals surface area contributed by atoms with Crippen LogP contribution in [0, 0.1) is 0 Å². The van der Waals surface area contributed by atoms with Crippen LogP contribution in [0.4, 0.5) is 19.0 Å². The molecular weight excluding hydrogens is 514 g/mol. The van der Waals surface area contributed by atoms with Gasteiger partial charge < -0.3 is 14.7 Å². The van der Waals surface area contributed by atoms with E-state index in [1.807, 2.05) is 29.8 Å². The Bertz CT molecular complexity index is 1110. The van der Waals surface area contributed by atoms with E-state index in [0.717, 1.165) is 11.6 Å². The molecule has 1 aliphatic carbocycles. The van der Waals surface area contributed by atoms with Crippen LogP contribution in [0.1, 0.15) is 18.9 Å². The van der Waals surface area contributed by atoms with Gasteiger partial charge in [0.2, 0.25) is 11.9 Å². The van der Waals surface area contributed by atoms with E-state index in [1.165, 1.54) is 12.3 Å². The summed E-state index contributed by atoms with van der Waals surface area (Å²) in [7, 11) is 3.51. The minimum atomic E-state index is -4.48. The van der Waals surface area contributed by atoms with E-state index in [4.69, 9.17) is 23.2 Å². The van der Waals surface area contributed by atoms with Gasteiger partial charge in [-0.15, -0.1) is 0 Å². The molecule has 1 saturated heterocycles. The molecule has 3 rings (SSSR count). The summed E-state index contributed by atoms with van der Waals surface area (Å²) in [6, 6.07) is 2.35. The second-order valence-corrected chi connectivity index (χ2v) is 9.07. The summed E-state index contributed by atoms with van der Waals surface area (Å²) in [6.07, 6.45) is 4.33. The maximum atomic E-state index is 13.5. The average molecular weight is 542 g/mol. The number of allylic oxidation sites excluding steroid dienone is 6. The van der Waals surface area contributed by atoms with Gasteiger partial charge in [-0.3, -0.25) is 4.99 Å². The highest BCUT2D eigenvalue weighted by Crippen LogP contribution is 2.35. The van der Waals surface area contributed by atoms with E-state index < -0.39 is 11.7 Å². The lowest BCUT2D eigenvalue weighted by atomic mass is 10.2. The first-order chi connectivity index (χ1) is 17.1. The highest BCUT2D eigenvalue weighted by atomic mass is 35.5. The Labute approximate surface area is 219 Å². The van der Waals surface area contributed by atoms with Crippen LogP contribution in [0.2, 0.25) is 0 Å². The Hall–Kier alpha value is -2.85. The van der Waals surface area contributed by atoms with E-state index in [2.05, 4.69) is 20.0 Å². The Balaban J connectivity index is 1.86. The maximum Gasteiger partial charge on any atom is 0.419 e. The number of guanidine groups is 2. The first-order valence-corrected chi connectivity index (χ1v) is 12.1. The molecule has 1 aromatic heterocycles. The number of alkyl halides is 3. The molecule has 0 radical (unpaired) electrons. The lowest BCUT2D eigenvalue weighted by Crippen LogP contribution is -2.49. The van der Waals surface area contributed by atoms with Crippen molar-refractivity contribution in [2.75, 3.05) is 51.7 Å². The lowest BCUT2D eigenvalue weighted by molar-refractivity contribution is -0.137. The molecule has 194 valence electrons. The standard InChI is InChI=1S/C24H28Cl2F3N7/c1-4-34(3)22(30-2)33-23(32-16-17-7-8-18(25)15-19(26)14-17)36-12-10-35(11-13-36)21-20(24(27,28)29)6-5-9-31-21/h5-9,14,16H,4,10-13,15H2,1-3H3/b30-22?,32-16+,33-23+. The third kappa shape index (κ3) is 7.33. The van der Waals surface area contributed by atoms with Crippen LogP contribution in [-0.2, 0) is 6.18 Å². The van der Waals surface area contributed by atoms with Crippen molar-refractivity contribution in [3.63, 3.8) is 0 Å². The fourth-order valence-electron chi connectivity index (χ4n) is 3.61. The van der Waals surface area contributed by atoms with Crippen LogP contribution < -0.4 is 4.90 Å². The first kappa shape index (κ1) is 27.7. The molecule has 0 unspecified atom stereocenters. The quantitative estimate of drug-likeness (QED) is 0.391. The minimum Gasteiger partial charge on any atom is -0.353 e. The van der Waals surface area contributed by atoms with E-state index >= 15 is 0 Å². The van der Waals surface area contributed by atoms with Crippen molar-refractivity contribution in [3.05, 3.63) is 57.8 Å². The zero-order valence-electron chi connectivity index (χ0n) is 20.3. The van der Waals surface area contributed by atoms with Gasteiger partial charge in [0.1, 0.15) is 5.82 Å². The number of piperazine rings is 1. The van der Waals surface area contributed by atoms with Gasteiger partial charge in [0, 0.05) is 75.7 Å². The Morgan fingerprint density at radius 3 is 2.53 bits per heavy atom. The molecule has 0 spiro atoms. The molecule has 2 aliphatic rings. The highest BCUT2D eigenvalue weighted by molar-refractivity contribution is 6.34. The largest absolute Gasteiger partial charge is 0.419 e. The van der Waals surface area contributed by atoms with Gasteiger partial charge in [-0.05, 0) is 36.8 Å². The summed E-state index contributed by atoms with van der Waals surface area (Å²) in [5.41, 5.74) is -0.00450. The predicted octanol–water partition coefficient (Wildman–Crippen LogP) is 5.16. The van der Waals surface area contributed by atoms with Crippen molar-refractivity contribution in [3.8, 4) is 0 Å². The molecule has 1 fully saturated rings. The summed E-state index contributed by atoms with van der Waals surface area (Å²) in [6.45, 7) is 4.12. The topological polar surface area (TPSA) is 59.7 Å². The predicted molar refractivity (Wildman–Crippen MR) is 141 cm³/mol. The van der Waals surface area contributed by atoms with Crippen molar-refractivity contribution in [1.29, 1.82) is 0 Å². The summed E-state index contributed by atoms with van der Waals surface area (Å²) in [5.74, 6) is 0.820. The third-order valence-corrected chi connectivity index (χ3v) is 6.12. The molecule has 0 aromatic carbocycles. The van der Waals surface area contributed by atoms with Crippen molar-refractivity contribution >= 4 is 47.2 Å². The van der Waals surface area contributed by atoms with Crippen LogP contribution in [0.15, 0.2) is 67.2 Å². The van der Waals surface area contributed by atoms with Crippen molar-refractivity contribution in [2.24, 2.45) is 15.0 Å². The molecule has 0 atom stereocenters. The number of hydrogen-bond donors (Lipinski definition) is 0. The SMILES string of the molecule is CCN(C)C(=NC)/N=C(\N=C\C1=CC=C(Cl)CC(Cl)=C1)N1CCN(c2ncccc2C(F)(F)F)CC1. The number of rotatable bonds is 3. The molecule has 12 heteroatoms. The second-order valence-electron chi connectivity index (χ2n) is 8.10. The van der Waals surface area contributed by atoms with Crippen LogP contribution in [0.25, 0.3) is 0 Å². The van der Waals surface area contributed by atoms with Gasteiger partial charge in [0.15, 0.2) is 0 Å². The Morgan fingerprint density at radius 1 is 1.17 bits per heavy atom. The van der Waals surface area contributed by atoms with E-state index in [9.17, 15) is 13.2 Å². The second kappa shape index (κ2) is 12.4. The number of nitrogens with zero attached hydrogens (tertiary/aromatic N) is 7. The molecule has 0 N–H and O–H groups in total. The number of aromatic nitrogens is 1. The average Bonchev–Trinajstić information content (AvgIpc) is 3.02. The third-order valence-electron chi connectivity index (χ3n) is 5.62. The Kier molecular flexibility index (Phi) is 9.56. The number of hydrogen-bond acceptors (Lipinski definition) is 3. The first-order valence-electron chi connectivity index (χ1n) is 11.4. The maximum absolute atomic E-state index is 13.5. The zero-order valence-corrected chi connectivity index (χ0v) is 21.8. The summed E-state index contributed by atoms with van der Waals surface area (Å²) in [4.78, 5) is 23.0. The van der Waals surface area contributed by atoms with Gasteiger partial charge in [-0.25, -0.2) is 9.98 Å². The molecule has 1 aliphatic heterocycles. The molecule has 0 bridgehead atoms. The molecule has 0 saturated carbocycles. The van der Waals surface area contributed by atoms with Crippen LogP contribution in [-0.4, -0.2) is 79.7 Å². The number of pyridine rings is 1. The van der Waals surface area contributed by atoms with Crippen molar-refractivity contribution < 1.29 is 13.2 Å². The monoisotopic (exact) mass is 541 g/mol. The zero-order chi connectivity index (χ0) is 26.3. The van der Waals surface area contributed by atoms with Crippen molar-refractivity contribution in [2.45, 2.75) is 19.5 Å². The minimum absolute atomic E-state index is 0.0692. The molecular formula is C24H28Cl2F3N7. The molecule has 7 nitrogen and oxygen atoms in total. The van der Waals surface area contributed by atoms with E-state index in [-0.39, 0.29) is 5.82 Å². The van der Waals surface area contributed by atoms with E-state index in [1.54, 1.807) is 30.3 Å². The summed E-state index contributed by atoms with van der Waals surface area (Å²) in [5, 5.41) is 1.19. The van der Waals surface area contributed by atoms with Gasteiger partial charge in [0.05, 0.1) is 5.56 Å². The molecule has 0 amide bonds. The fraction of sp³-hybridized carbons (Fsp3) is 0.417. The van der Waals surface area contributed by atoms with E-state index in [0.29, 0.717) is 61.1 Å². The fourth-order valence-corrected chi connectivity index (χ4v) is 4.15. The van der Waals surface area contributed by atoms with Gasteiger partial charge in [0.25, 0.3) is 0 Å². The smallest absolute Gasteiger partial charge is 0.353 e. The van der Waals surface area contributed by atoms with Gasteiger partial charge in [-0.2, -0.15) is 18.2 Å². The van der Waals surface area contributed by atoms with Crippen LogP contribution >= 0.6 is 23.2 Å². The van der Waals surface area contributed by atoms with Crippen LogP contribution in [0.5, 0.6) is 0 Å². The molecule has 1 aromatic rings. The molecule has 36 heavy (non-hydrogen) atoms. The summed E-state index contributed by atoms with van der Waals surface area (Å²) < 4.78 is 40.5. The van der Waals surface area contributed by atoms with Gasteiger partial charge >= 0.3 is 6.18 Å². The lowest BCUT2D eigenvalue weighted by Gasteiger charge is -2.36. The normalized spacial score (nSPS) is 18.2. The molecule has 2 heterocycles.